The van der Waals surface area contributed by atoms with Crippen LogP contribution in [0, 0.1) is 40.4 Å². The minimum Gasteiger partial charge on any atom is -0.462 e. The van der Waals surface area contributed by atoms with E-state index in [1.54, 1.807) is 7.05 Å². The van der Waals surface area contributed by atoms with Crippen molar-refractivity contribution >= 4 is 21.9 Å². The summed E-state index contributed by atoms with van der Waals surface area (Å²) in [5.74, 6) is 2.60. The van der Waals surface area contributed by atoms with Gasteiger partial charge < -0.3 is 4.74 Å². The number of carbonyl (C=O) groups excluding carboxylic acids is 1. The van der Waals surface area contributed by atoms with Crippen LogP contribution in [0.2, 0.25) is 0 Å². The summed E-state index contributed by atoms with van der Waals surface area (Å²) in [5.41, 5.74) is -1.07. The molecule has 2 aliphatic heterocycles. The lowest BCUT2D eigenvalue weighted by Gasteiger charge is -2.74. The second-order valence-electron chi connectivity index (χ2n) is 15.3. The molecule has 1 aromatic heterocycles. The fraction of sp³-hybridized carbons (Fsp3) is 0.906. The second kappa shape index (κ2) is 9.60. The Morgan fingerprint density at radius 1 is 0.950 bits per heavy atom. The monoisotopic (exact) mass is 619 g/mol. The van der Waals surface area contributed by atoms with Crippen LogP contribution >= 0.6 is 15.9 Å². The van der Waals surface area contributed by atoms with E-state index in [-0.39, 0.29) is 45.2 Å². The Morgan fingerprint density at radius 2 is 1.68 bits per heavy atom. The third-order valence-corrected chi connectivity index (χ3v) is 13.8. The normalized spacial score (nSPS) is 42.2. The van der Waals surface area contributed by atoms with Crippen LogP contribution in [0.4, 0.5) is 0 Å². The van der Waals surface area contributed by atoms with E-state index >= 15 is 0 Å². The lowest BCUT2D eigenvalue weighted by Crippen LogP contribution is -2.78. The minimum atomic E-state index is -0.498. The Balaban J connectivity index is 1.45. The van der Waals surface area contributed by atoms with Gasteiger partial charge in [0.2, 0.25) is 0 Å². The first-order valence-corrected chi connectivity index (χ1v) is 17.2. The molecule has 4 saturated carbocycles. The first kappa shape index (κ1) is 28.8. The molecule has 6 aliphatic rings. The van der Waals surface area contributed by atoms with Crippen LogP contribution in [0.1, 0.15) is 112 Å². The van der Waals surface area contributed by atoms with Crippen molar-refractivity contribution in [2.75, 3.05) is 5.33 Å². The number of ether oxygens (including phenoxy) is 1. The Labute approximate surface area is 247 Å². The van der Waals surface area contributed by atoms with Crippen LogP contribution in [0.5, 0.6) is 0 Å². The molecule has 8 heteroatoms. The first-order valence-electron chi connectivity index (χ1n) is 16.0. The molecule has 0 saturated heterocycles. The molecule has 9 atom stereocenters. The predicted octanol–water partition coefficient (Wildman–Crippen LogP) is 5.95. The summed E-state index contributed by atoms with van der Waals surface area (Å²) in [7, 11) is 1.66. The molecule has 40 heavy (non-hydrogen) atoms. The summed E-state index contributed by atoms with van der Waals surface area (Å²) in [6, 6.07) is 0. The average molecular weight is 621 g/mol. The molecule has 0 radical (unpaired) electrons. The van der Waals surface area contributed by atoms with Gasteiger partial charge in [-0.05, 0) is 91.8 Å². The zero-order valence-electron chi connectivity index (χ0n) is 25.5. The molecule has 2 spiro atoms. The maximum absolute atomic E-state index is 14.1. The number of carbonyl (C=O) groups is 1. The Morgan fingerprint density at radius 3 is 2.38 bits per heavy atom. The van der Waals surface area contributed by atoms with Gasteiger partial charge in [-0.2, -0.15) is 0 Å². The molecule has 3 heterocycles. The van der Waals surface area contributed by atoms with Crippen LogP contribution in [-0.4, -0.2) is 31.3 Å². The van der Waals surface area contributed by atoms with E-state index in [0.29, 0.717) is 30.1 Å². The quantitative estimate of drug-likeness (QED) is 0.279. The van der Waals surface area contributed by atoms with E-state index in [2.05, 4.69) is 50.5 Å². The van der Waals surface area contributed by atoms with Gasteiger partial charge in [0.1, 0.15) is 11.4 Å². The van der Waals surface area contributed by atoms with Crippen LogP contribution in [0.3, 0.4) is 0 Å². The molecule has 0 aromatic carbocycles. The van der Waals surface area contributed by atoms with E-state index in [9.17, 15) is 14.4 Å². The third-order valence-electron chi connectivity index (χ3n) is 13.4. The smallest absolute Gasteiger partial charge is 0.347 e. The zero-order chi connectivity index (χ0) is 28.8. The Kier molecular flexibility index (Phi) is 6.91. The fourth-order valence-corrected chi connectivity index (χ4v) is 11.9. The van der Waals surface area contributed by atoms with Gasteiger partial charge in [0.05, 0.1) is 11.1 Å². The lowest BCUT2D eigenvalue weighted by atomic mass is 9.38. The largest absolute Gasteiger partial charge is 0.462 e. The van der Waals surface area contributed by atoms with E-state index in [1.165, 1.54) is 36.7 Å². The fourth-order valence-electron chi connectivity index (χ4n) is 11.7. The zero-order valence-corrected chi connectivity index (χ0v) is 27.1. The SMILES string of the molecule is CC(C)CCC[C@@H](C)C1CC[C@H]2C34CCC5(C[C@@H](OC(=O)CBr)CC[C@]5(C)[C@H]3CC[C@]12C)n1c(=O)n(C)c(=O)n14. The van der Waals surface area contributed by atoms with Gasteiger partial charge in [0.25, 0.3) is 0 Å². The lowest BCUT2D eigenvalue weighted by molar-refractivity contribution is -0.260. The van der Waals surface area contributed by atoms with Gasteiger partial charge in [-0.25, -0.2) is 23.5 Å². The van der Waals surface area contributed by atoms with Crippen LogP contribution < -0.4 is 11.4 Å². The van der Waals surface area contributed by atoms with Crippen LogP contribution in [-0.2, 0) is 27.7 Å². The van der Waals surface area contributed by atoms with Crippen molar-refractivity contribution in [2.45, 2.75) is 129 Å². The van der Waals surface area contributed by atoms with Crippen LogP contribution in [0.15, 0.2) is 9.59 Å². The van der Waals surface area contributed by atoms with Crippen molar-refractivity contribution in [3.05, 3.63) is 21.0 Å². The number of halogens is 1. The van der Waals surface area contributed by atoms with Gasteiger partial charge in [-0.15, -0.1) is 0 Å². The van der Waals surface area contributed by atoms with Crippen molar-refractivity contribution in [1.82, 2.24) is 13.9 Å². The van der Waals surface area contributed by atoms with Crippen molar-refractivity contribution in [2.24, 2.45) is 47.5 Å². The maximum Gasteiger partial charge on any atom is 0.347 e. The molecule has 4 aliphatic carbocycles. The molecule has 4 fully saturated rings. The number of esters is 1. The number of nitrogens with zero attached hydrogens (tertiary/aromatic N) is 3. The summed E-state index contributed by atoms with van der Waals surface area (Å²) in [6.07, 6.45) is 12.6. The van der Waals surface area contributed by atoms with Gasteiger partial charge in [-0.3, -0.25) is 4.79 Å². The summed E-state index contributed by atoms with van der Waals surface area (Å²) < 4.78 is 11.2. The first-order chi connectivity index (χ1) is 18.9. The van der Waals surface area contributed by atoms with Crippen molar-refractivity contribution in [3.8, 4) is 0 Å². The highest BCUT2D eigenvalue weighted by Gasteiger charge is 2.76. The summed E-state index contributed by atoms with van der Waals surface area (Å²) in [5, 5.41) is 0.173. The van der Waals surface area contributed by atoms with Crippen molar-refractivity contribution in [3.63, 3.8) is 0 Å². The highest BCUT2D eigenvalue weighted by atomic mass is 79.9. The van der Waals surface area contributed by atoms with Gasteiger partial charge in [-0.1, -0.05) is 69.8 Å². The number of fused-ring (bicyclic) bond motifs is 2. The minimum absolute atomic E-state index is 0.109. The highest BCUT2D eigenvalue weighted by molar-refractivity contribution is 9.09. The van der Waals surface area contributed by atoms with E-state index < -0.39 is 5.54 Å². The number of aromatic nitrogens is 3. The highest BCUT2D eigenvalue weighted by Crippen LogP contribution is 2.76. The van der Waals surface area contributed by atoms with Gasteiger partial charge in [0.15, 0.2) is 0 Å². The molecular weight excluding hydrogens is 570 g/mol. The molecule has 1 aromatic rings. The van der Waals surface area contributed by atoms with E-state index in [4.69, 9.17) is 4.74 Å². The van der Waals surface area contributed by atoms with E-state index in [0.717, 1.165) is 44.4 Å². The maximum atomic E-state index is 14.1. The van der Waals surface area contributed by atoms with E-state index in [1.807, 2.05) is 9.36 Å². The number of hydrogen-bond donors (Lipinski definition) is 0. The van der Waals surface area contributed by atoms with Crippen molar-refractivity contribution in [1.29, 1.82) is 0 Å². The molecule has 224 valence electrons. The molecular formula is C32H50BrN3O4. The molecule has 0 amide bonds. The standard InChI is InChI=1S/C32H50BrN3O4/c1-20(2)8-7-9-21(3)23-10-11-24-29(23,4)14-13-25-30(5)15-12-22(40-26(37)19-33)18-31(30)16-17-32(24,25)36-28(39)34(6)27(38)35(31)36/h20-25H,7-19H2,1-6H3/t21-,22+,23?,24-,25-,29-,30-,31?,32?/m1/s1. The number of alkyl halides is 1. The predicted molar refractivity (Wildman–Crippen MR) is 160 cm³/mol. The number of rotatable bonds is 7. The molecule has 7 nitrogen and oxygen atoms in total. The number of hydrogen-bond acceptors (Lipinski definition) is 4. The molecule has 2 bridgehead atoms. The summed E-state index contributed by atoms with van der Waals surface area (Å²) in [4.78, 5) is 40.3. The van der Waals surface area contributed by atoms with Crippen molar-refractivity contribution < 1.29 is 9.53 Å². The Bertz CT molecular complexity index is 1300. The third kappa shape index (κ3) is 3.55. The second-order valence-corrected chi connectivity index (χ2v) is 15.9. The molecule has 3 unspecified atom stereocenters. The average Bonchev–Trinajstić information content (AvgIpc) is 3.39. The topological polar surface area (TPSA) is 75.2 Å². The molecule has 0 N–H and O–H groups in total. The van der Waals surface area contributed by atoms with Gasteiger partial charge in [0, 0.05) is 13.5 Å². The van der Waals surface area contributed by atoms with Crippen LogP contribution in [0.25, 0.3) is 0 Å². The summed E-state index contributed by atoms with van der Waals surface area (Å²) >= 11 is 3.24. The summed E-state index contributed by atoms with van der Waals surface area (Å²) in [6.45, 7) is 12.1. The molecule has 7 rings (SSSR count). The Hall–Kier alpha value is -1.31. The van der Waals surface area contributed by atoms with Gasteiger partial charge >= 0.3 is 17.3 Å².